The number of nitrogens with zero attached hydrogens (tertiary/aromatic N) is 2. The van der Waals surface area contributed by atoms with Crippen LogP contribution in [0.3, 0.4) is 0 Å². The molecule has 1 aromatic heterocycles. The Morgan fingerprint density at radius 1 is 1.18 bits per heavy atom. The Kier molecular flexibility index (Phi) is 3.98. The first-order valence-corrected chi connectivity index (χ1v) is 10.7. The number of hydrogen-bond donors (Lipinski definition) is 0. The van der Waals surface area contributed by atoms with Crippen molar-refractivity contribution in [1.29, 1.82) is 0 Å². The molecule has 0 spiro atoms. The van der Waals surface area contributed by atoms with Crippen molar-refractivity contribution in [2.24, 2.45) is 28.6 Å². The summed E-state index contributed by atoms with van der Waals surface area (Å²) in [5.74, 6) is 3.00. The Bertz CT molecular complexity index is 875. The third-order valence-electron chi connectivity index (χ3n) is 8.29. The molecule has 1 saturated heterocycles. The fourth-order valence-corrected chi connectivity index (χ4v) is 6.76. The number of amides is 1. The Labute approximate surface area is 167 Å². The summed E-state index contributed by atoms with van der Waals surface area (Å²) in [5.41, 5.74) is 2.48. The Hall–Kier alpha value is -2.10. The molecule has 0 bridgehead atoms. The molecule has 0 N–H and O–H groups in total. The van der Waals surface area contributed by atoms with Gasteiger partial charge in [-0.25, -0.2) is 0 Å². The second kappa shape index (κ2) is 6.20. The number of carbonyl (C=O) groups is 1. The molecule has 4 heteroatoms. The van der Waals surface area contributed by atoms with Gasteiger partial charge in [-0.1, -0.05) is 32.1 Å². The van der Waals surface area contributed by atoms with E-state index in [9.17, 15) is 4.79 Å². The molecule has 3 aliphatic carbocycles. The summed E-state index contributed by atoms with van der Waals surface area (Å²) in [6.45, 7) is 4.87. The highest BCUT2D eigenvalue weighted by Gasteiger charge is 2.56. The summed E-state index contributed by atoms with van der Waals surface area (Å²) in [6.07, 6.45) is 17.1. The minimum Gasteiger partial charge on any atom is -0.495 e. The van der Waals surface area contributed by atoms with E-state index in [0.717, 1.165) is 30.4 Å². The van der Waals surface area contributed by atoms with Gasteiger partial charge in [-0.05, 0) is 55.3 Å². The van der Waals surface area contributed by atoms with Gasteiger partial charge in [0.05, 0.1) is 25.2 Å². The van der Waals surface area contributed by atoms with Crippen LogP contribution in [0.4, 0.5) is 5.69 Å². The lowest BCUT2D eigenvalue weighted by Crippen LogP contribution is -2.54. The average Bonchev–Trinajstić information content (AvgIpc) is 3.10. The number of anilines is 1. The van der Waals surface area contributed by atoms with Gasteiger partial charge in [0.15, 0.2) is 0 Å². The van der Waals surface area contributed by atoms with Gasteiger partial charge in [0.2, 0.25) is 5.91 Å². The Balaban J connectivity index is 1.55. The quantitative estimate of drug-likeness (QED) is 0.671. The number of fused-ring (bicyclic) bond motifs is 5. The molecule has 1 aliphatic heterocycles. The maximum Gasteiger partial charge on any atom is 0.231 e. The molecule has 148 valence electrons. The van der Waals surface area contributed by atoms with E-state index in [1.54, 1.807) is 19.5 Å². The van der Waals surface area contributed by atoms with Gasteiger partial charge >= 0.3 is 0 Å². The van der Waals surface area contributed by atoms with E-state index in [0.29, 0.717) is 23.5 Å². The third-order valence-corrected chi connectivity index (χ3v) is 8.29. The van der Waals surface area contributed by atoms with Gasteiger partial charge in [0.25, 0.3) is 0 Å². The highest BCUT2D eigenvalue weighted by molar-refractivity contribution is 5.98. The van der Waals surface area contributed by atoms with Gasteiger partial charge in [-0.15, -0.1) is 0 Å². The lowest BCUT2D eigenvalue weighted by Gasteiger charge is -2.58. The molecule has 2 heterocycles. The molecule has 1 saturated carbocycles. The lowest BCUT2D eigenvalue weighted by molar-refractivity contribution is -0.121. The molecule has 2 fully saturated rings. The molecule has 1 aromatic rings. The van der Waals surface area contributed by atoms with Gasteiger partial charge in [0, 0.05) is 23.6 Å². The molecule has 0 aromatic carbocycles. The Morgan fingerprint density at radius 3 is 2.86 bits per heavy atom. The van der Waals surface area contributed by atoms with Crippen molar-refractivity contribution in [3.63, 3.8) is 0 Å². The van der Waals surface area contributed by atoms with Crippen LogP contribution in [0, 0.1) is 28.6 Å². The van der Waals surface area contributed by atoms with Crippen LogP contribution in [-0.4, -0.2) is 18.0 Å². The van der Waals surface area contributed by atoms with E-state index < -0.39 is 0 Å². The fourth-order valence-electron chi connectivity index (χ4n) is 6.76. The molecule has 0 unspecified atom stereocenters. The SMILES string of the molecule is COc1cncc(N2C(=O)CC[C@@]3(C)C2=CC[C@@H]2[C@@H]3CC[C@@]3(C)C=CC[C@@H]23)c1. The lowest BCUT2D eigenvalue weighted by atomic mass is 9.50. The summed E-state index contributed by atoms with van der Waals surface area (Å²) < 4.78 is 5.36. The van der Waals surface area contributed by atoms with E-state index in [2.05, 4.69) is 37.1 Å². The normalized spacial score (nSPS) is 39.1. The van der Waals surface area contributed by atoms with Crippen molar-refractivity contribution in [1.82, 2.24) is 4.98 Å². The van der Waals surface area contributed by atoms with Crippen LogP contribution >= 0.6 is 0 Å². The predicted octanol–water partition coefficient (Wildman–Crippen LogP) is 5.12. The standard InChI is InChI=1S/C24H30N2O2/c1-23-10-4-5-19(23)18-6-7-21-24(2,20(18)8-11-23)12-9-22(27)26(21)16-13-17(28-3)15-25-14-16/h4,7,10,13-15,18-20H,5-6,8-9,11-12H2,1-3H3/t18-,19-,20-,23+,24+/m0/s1. The number of allylic oxidation sites excluding steroid dienone is 4. The van der Waals surface area contributed by atoms with Crippen molar-refractivity contribution in [3.8, 4) is 5.75 Å². The maximum absolute atomic E-state index is 13.0. The van der Waals surface area contributed by atoms with Crippen LogP contribution in [0.5, 0.6) is 5.75 Å². The summed E-state index contributed by atoms with van der Waals surface area (Å²) >= 11 is 0. The molecule has 5 atom stereocenters. The zero-order valence-electron chi connectivity index (χ0n) is 17.1. The number of methoxy groups -OCH3 is 1. The zero-order valence-corrected chi connectivity index (χ0v) is 17.1. The Morgan fingerprint density at radius 2 is 2.04 bits per heavy atom. The number of hydrogen-bond acceptors (Lipinski definition) is 3. The monoisotopic (exact) mass is 378 g/mol. The van der Waals surface area contributed by atoms with Crippen molar-refractivity contribution in [2.45, 2.75) is 52.4 Å². The van der Waals surface area contributed by atoms with Crippen LogP contribution in [-0.2, 0) is 4.79 Å². The van der Waals surface area contributed by atoms with Gasteiger partial charge in [-0.3, -0.25) is 14.7 Å². The van der Waals surface area contributed by atoms with Crippen LogP contribution in [0.2, 0.25) is 0 Å². The van der Waals surface area contributed by atoms with E-state index in [1.807, 2.05) is 11.0 Å². The van der Waals surface area contributed by atoms with Gasteiger partial charge in [0.1, 0.15) is 5.75 Å². The summed E-state index contributed by atoms with van der Waals surface area (Å²) in [5, 5.41) is 0. The smallest absolute Gasteiger partial charge is 0.231 e. The molecule has 1 amide bonds. The van der Waals surface area contributed by atoms with E-state index >= 15 is 0 Å². The van der Waals surface area contributed by atoms with Crippen LogP contribution in [0.25, 0.3) is 0 Å². The minimum atomic E-state index is 0.0593. The molecule has 5 rings (SSSR count). The first-order valence-electron chi connectivity index (χ1n) is 10.7. The highest BCUT2D eigenvalue weighted by Crippen LogP contribution is 2.63. The second-order valence-corrected chi connectivity index (χ2v) is 9.61. The number of carbonyl (C=O) groups excluding carboxylic acids is 1. The van der Waals surface area contributed by atoms with Crippen LogP contribution in [0.1, 0.15) is 52.4 Å². The number of rotatable bonds is 2. The first kappa shape index (κ1) is 18.0. The maximum atomic E-state index is 13.0. The topological polar surface area (TPSA) is 42.4 Å². The fraction of sp³-hybridized carbons (Fsp3) is 0.583. The van der Waals surface area contributed by atoms with Crippen molar-refractivity contribution < 1.29 is 9.53 Å². The summed E-state index contributed by atoms with van der Waals surface area (Å²) in [7, 11) is 1.64. The van der Waals surface area contributed by atoms with Crippen molar-refractivity contribution in [3.05, 3.63) is 42.4 Å². The average molecular weight is 379 g/mol. The number of ether oxygens (including phenoxy) is 1. The van der Waals surface area contributed by atoms with E-state index in [4.69, 9.17) is 4.74 Å². The molecule has 0 radical (unpaired) electrons. The summed E-state index contributed by atoms with van der Waals surface area (Å²) in [6, 6.07) is 1.93. The number of aromatic nitrogens is 1. The molecule has 4 nitrogen and oxygen atoms in total. The predicted molar refractivity (Wildman–Crippen MR) is 110 cm³/mol. The number of piperidine rings is 1. The highest BCUT2D eigenvalue weighted by atomic mass is 16.5. The van der Waals surface area contributed by atoms with Gasteiger partial charge < -0.3 is 4.74 Å². The number of pyridine rings is 1. The molecule has 4 aliphatic rings. The van der Waals surface area contributed by atoms with Crippen molar-refractivity contribution >= 4 is 11.6 Å². The van der Waals surface area contributed by atoms with E-state index in [1.165, 1.54) is 25.0 Å². The largest absolute Gasteiger partial charge is 0.495 e. The van der Waals surface area contributed by atoms with Crippen LogP contribution in [0.15, 0.2) is 42.4 Å². The molecule has 28 heavy (non-hydrogen) atoms. The zero-order chi connectivity index (χ0) is 19.5. The third kappa shape index (κ3) is 2.42. The van der Waals surface area contributed by atoms with Gasteiger partial charge in [-0.2, -0.15) is 0 Å². The molecular weight excluding hydrogens is 348 g/mol. The van der Waals surface area contributed by atoms with Crippen LogP contribution < -0.4 is 9.64 Å². The molecular formula is C24H30N2O2. The first-order chi connectivity index (χ1) is 13.5. The second-order valence-electron chi connectivity index (χ2n) is 9.61. The summed E-state index contributed by atoms with van der Waals surface area (Å²) in [4.78, 5) is 19.2. The van der Waals surface area contributed by atoms with E-state index in [-0.39, 0.29) is 11.3 Å². The minimum absolute atomic E-state index is 0.0593. The van der Waals surface area contributed by atoms with Crippen molar-refractivity contribution in [2.75, 3.05) is 12.0 Å².